The number of benzene rings is 1. The summed E-state index contributed by atoms with van der Waals surface area (Å²) >= 11 is 6.66. The predicted molar refractivity (Wildman–Crippen MR) is 87.0 cm³/mol. The third kappa shape index (κ3) is 2.56. The summed E-state index contributed by atoms with van der Waals surface area (Å²) in [5, 5.41) is 14.5. The van der Waals surface area contributed by atoms with E-state index in [1.54, 1.807) is 6.07 Å². The number of thiophene rings is 1. The van der Waals surface area contributed by atoms with Crippen molar-refractivity contribution < 1.29 is 9.72 Å². The van der Waals surface area contributed by atoms with E-state index in [1.165, 1.54) is 6.07 Å². The van der Waals surface area contributed by atoms with Crippen molar-refractivity contribution in [2.75, 3.05) is 5.32 Å². The molecule has 8 heteroatoms. The first kappa shape index (κ1) is 14.6. The Hall–Kier alpha value is -2.38. The van der Waals surface area contributed by atoms with Gasteiger partial charge in [0.15, 0.2) is 4.34 Å². The first-order valence-electron chi connectivity index (χ1n) is 6.29. The molecule has 1 aromatic carbocycles. The number of H-pyrrole nitrogens is 1. The molecule has 3 aromatic rings. The van der Waals surface area contributed by atoms with Gasteiger partial charge < -0.3 is 10.3 Å². The molecule has 0 fully saturated rings. The lowest BCUT2D eigenvalue weighted by molar-refractivity contribution is -0.384. The fourth-order valence-electron chi connectivity index (χ4n) is 2.18. The number of hydrogen-bond donors (Lipinski definition) is 2. The molecule has 0 radical (unpaired) electrons. The molecule has 1 amide bonds. The van der Waals surface area contributed by atoms with E-state index < -0.39 is 10.8 Å². The van der Waals surface area contributed by atoms with Gasteiger partial charge in [-0.25, -0.2) is 0 Å². The van der Waals surface area contributed by atoms with Crippen LogP contribution in [-0.4, -0.2) is 15.8 Å². The van der Waals surface area contributed by atoms with Crippen LogP contribution in [0.1, 0.15) is 15.4 Å². The summed E-state index contributed by atoms with van der Waals surface area (Å²) in [6, 6.07) is 8.68. The van der Waals surface area contributed by atoms with Crippen LogP contribution in [0.3, 0.4) is 0 Å². The second-order valence-corrected chi connectivity index (χ2v) is 6.36. The highest BCUT2D eigenvalue weighted by molar-refractivity contribution is 7.18. The van der Waals surface area contributed by atoms with E-state index in [1.807, 2.05) is 25.1 Å². The lowest BCUT2D eigenvalue weighted by Gasteiger charge is -2.04. The Bertz CT molecular complexity index is 900. The SMILES string of the molecule is Cc1cc2cccc(NC(=O)c3cc([N+](=O)[O-])c(Cl)s3)c2[nH]1. The van der Waals surface area contributed by atoms with E-state index in [4.69, 9.17) is 11.6 Å². The number of rotatable bonds is 3. The molecule has 0 aliphatic heterocycles. The summed E-state index contributed by atoms with van der Waals surface area (Å²) in [7, 11) is 0. The normalized spacial score (nSPS) is 10.8. The average Bonchev–Trinajstić information content (AvgIpc) is 3.01. The number of nitrogens with one attached hydrogen (secondary N) is 2. The highest BCUT2D eigenvalue weighted by atomic mass is 35.5. The number of anilines is 1. The third-order valence-electron chi connectivity index (χ3n) is 3.13. The van der Waals surface area contributed by atoms with Gasteiger partial charge in [-0.05, 0) is 19.1 Å². The number of aromatic amines is 1. The molecule has 0 atom stereocenters. The summed E-state index contributed by atoms with van der Waals surface area (Å²) in [5.41, 5.74) is 2.14. The van der Waals surface area contributed by atoms with Crippen molar-refractivity contribution in [3.8, 4) is 0 Å². The van der Waals surface area contributed by atoms with Gasteiger partial charge in [0.25, 0.3) is 11.6 Å². The van der Waals surface area contributed by atoms with Crippen molar-refractivity contribution >= 4 is 51.1 Å². The number of carbonyl (C=O) groups is 1. The Balaban J connectivity index is 1.93. The Kier molecular flexibility index (Phi) is 3.59. The molecule has 2 heterocycles. The topological polar surface area (TPSA) is 88.0 Å². The Labute approximate surface area is 133 Å². The Morgan fingerprint density at radius 3 is 2.86 bits per heavy atom. The number of nitrogens with zero attached hydrogens (tertiary/aromatic N) is 1. The summed E-state index contributed by atoms with van der Waals surface area (Å²) < 4.78 is -0.0101. The van der Waals surface area contributed by atoms with Gasteiger partial charge in [0.1, 0.15) is 4.88 Å². The molecule has 0 aliphatic carbocycles. The van der Waals surface area contributed by atoms with Crippen LogP contribution < -0.4 is 5.32 Å². The first-order valence-corrected chi connectivity index (χ1v) is 7.48. The molecule has 2 aromatic heterocycles. The van der Waals surface area contributed by atoms with Crippen LogP contribution in [0, 0.1) is 17.0 Å². The molecular weight excluding hydrogens is 326 g/mol. The zero-order chi connectivity index (χ0) is 15.9. The fourth-order valence-corrected chi connectivity index (χ4v) is 3.30. The van der Waals surface area contributed by atoms with E-state index in [0.29, 0.717) is 5.69 Å². The van der Waals surface area contributed by atoms with E-state index >= 15 is 0 Å². The van der Waals surface area contributed by atoms with Crippen LogP contribution in [0.2, 0.25) is 4.34 Å². The number of aryl methyl sites for hydroxylation is 1. The summed E-state index contributed by atoms with van der Waals surface area (Å²) in [5.74, 6) is -0.431. The monoisotopic (exact) mass is 335 g/mol. The first-order chi connectivity index (χ1) is 10.5. The zero-order valence-electron chi connectivity index (χ0n) is 11.3. The molecule has 6 nitrogen and oxygen atoms in total. The quantitative estimate of drug-likeness (QED) is 0.551. The zero-order valence-corrected chi connectivity index (χ0v) is 12.9. The second kappa shape index (κ2) is 5.43. The number of nitro groups is 1. The van der Waals surface area contributed by atoms with Crippen LogP contribution in [0.15, 0.2) is 30.3 Å². The van der Waals surface area contributed by atoms with Gasteiger partial charge >= 0.3 is 0 Å². The molecule has 0 saturated carbocycles. The molecule has 3 rings (SSSR count). The van der Waals surface area contributed by atoms with E-state index in [-0.39, 0.29) is 14.9 Å². The minimum absolute atomic E-state index is 0.0101. The number of hydrogen-bond acceptors (Lipinski definition) is 4. The summed E-state index contributed by atoms with van der Waals surface area (Å²) in [4.78, 5) is 25.8. The van der Waals surface area contributed by atoms with Crippen LogP contribution >= 0.6 is 22.9 Å². The van der Waals surface area contributed by atoms with Crippen LogP contribution in [-0.2, 0) is 0 Å². The highest BCUT2D eigenvalue weighted by Gasteiger charge is 2.21. The van der Waals surface area contributed by atoms with E-state index in [9.17, 15) is 14.9 Å². The lowest BCUT2D eigenvalue weighted by atomic mass is 10.2. The Morgan fingerprint density at radius 2 is 2.18 bits per heavy atom. The molecular formula is C14H10ClN3O3S. The fraction of sp³-hybridized carbons (Fsp3) is 0.0714. The van der Waals surface area contributed by atoms with Crippen LogP contribution in [0.25, 0.3) is 10.9 Å². The summed E-state index contributed by atoms with van der Waals surface area (Å²) in [6.45, 7) is 1.92. The molecule has 112 valence electrons. The standard InChI is InChI=1S/C14H10ClN3O3S/c1-7-5-8-3-2-4-9(12(8)16-7)17-14(19)11-6-10(18(20)21)13(15)22-11/h2-6,16H,1H3,(H,17,19). The minimum Gasteiger partial charge on any atom is -0.357 e. The van der Waals surface area contributed by atoms with Crippen molar-refractivity contribution in [2.24, 2.45) is 0 Å². The van der Waals surface area contributed by atoms with Crippen molar-refractivity contribution in [3.05, 3.63) is 55.4 Å². The molecule has 2 N–H and O–H groups in total. The predicted octanol–water partition coefficient (Wildman–Crippen LogP) is 4.35. The van der Waals surface area contributed by atoms with Gasteiger partial charge in [-0.2, -0.15) is 0 Å². The maximum Gasteiger partial charge on any atom is 0.299 e. The van der Waals surface area contributed by atoms with Gasteiger partial charge in [0.2, 0.25) is 0 Å². The second-order valence-electron chi connectivity index (χ2n) is 4.70. The highest BCUT2D eigenvalue weighted by Crippen LogP contribution is 2.34. The Morgan fingerprint density at radius 1 is 1.41 bits per heavy atom. The summed E-state index contributed by atoms with van der Waals surface area (Å²) in [6.07, 6.45) is 0. The lowest BCUT2D eigenvalue weighted by Crippen LogP contribution is -2.10. The van der Waals surface area contributed by atoms with Crippen LogP contribution in [0.4, 0.5) is 11.4 Å². The number of halogens is 1. The number of aromatic nitrogens is 1. The average molecular weight is 336 g/mol. The number of para-hydroxylation sites is 1. The molecule has 0 aliphatic rings. The largest absolute Gasteiger partial charge is 0.357 e. The maximum atomic E-state index is 12.3. The van der Waals surface area contributed by atoms with E-state index in [2.05, 4.69) is 10.3 Å². The molecule has 0 bridgehead atoms. The molecule has 0 spiro atoms. The maximum absolute atomic E-state index is 12.3. The van der Waals surface area contributed by atoms with Crippen LogP contribution in [0.5, 0.6) is 0 Å². The third-order valence-corrected chi connectivity index (χ3v) is 4.46. The van der Waals surface area contributed by atoms with Gasteiger partial charge in [-0.1, -0.05) is 23.7 Å². The molecule has 0 unspecified atom stereocenters. The van der Waals surface area contributed by atoms with Gasteiger partial charge in [-0.15, -0.1) is 11.3 Å². The van der Waals surface area contributed by atoms with Gasteiger partial charge in [0.05, 0.1) is 16.1 Å². The molecule has 22 heavy (non-hydrogen) atoms. The number of fused-ring (bicyclic) bond motifs is 1. The van der Waals surface area contributed by atoms with E-state index in [0.717, 1.165) is 27.9 Å². The van der Waals surface area contributed by atoms with Crippen molar-refractivity contribution in [1.29, 1.82) is 0 Å². The molecule has 0 saturated heterocycles. The van der Waals surface area contributed by atoms with Crippen molar-refractivity contribution in [3.63, 3.8) is 0 Å². The van der Waals surface area contributed by atoms with Crippen molar-refractivity contribution in [2.45, 2.75) is 6.92 Å². The van der Waals surface area contributed by atoms with Gasteiger partial charge in [0, 0.05) is 17.1 Å². The number of carbonyl (C=O) groups excluding carboxylic acids is 1. The van der Waals surface area contributed by atoms with Crippen molar-refractivity contribution in [1.82, 2.24) is 4.98 Å². The minimum atomic E-state index is -0.606. The smallest absolute Gasteiger partial charge is 0.299 e. The van der Waals surface area contributed by atoms with Gasteiger partial charge in [-0.3, -0.25) is 14.9 Å². The number of amides is 1.